The van der Waals surface area contributed by atoms with Gasteiger partial charge >= 0.3 is 6.18 Å². The molecule has 4 rings (SSSR count). The minimum absolute atomic E-state index is 0.0328. The Balaban J connectivity index is 1.30. The summed E-state index contributed by atoms with van der Waals surface area (Å²) in [5, 5.41) is 2.93. The fraction of sp³-hybridized carbons (Fsp3) is 0.478. The number of nitrogens with one attached hydrogen (secondary N) is 1. The zero-order chi connectivity index (χ0) is 24.3. The van der Waals surface area contributed by atoms with Crippen LogP contribution in [0.2, 0.25) is 5.02 Å². The molecule has 2 aromatic rings. The molecule has 7 nitrogen and oxygen atoms in total. The van der Waals surface area contributed by atoms with E-state index in [2.05, 4.69) is 15.2 Å². The van der Waals surface area contributed by atoms with Gasteiger partial charge in [-0.2, -0.15) is 13.2 Å². The number of ether oxygens (including phenoxy) is 1. The predicted molar refractivity (Wildman–Crippen MR) is 126 cm³/mol. The van der Waals surface area contributed by atoms with Crippen LogP contribution in [-0.4, -0.2) is 74.3 Å². The first kappa shape index (κ1) is 24.6. The number of halogens is 4. The first-order valence-corrected chi connectivity index (χ1v) is 11.6. The Kier molecular flexibility index (Phi) is 7.49. The number of carbonyl (C=O) groups is 1. The summed E-state index contributed by atoms with van der Waals surface area (Å²) in [5.41, 5.74) is 0.956. The van der Waals surface area contributed by atoms with Gasteiger partial charge < -0.3 is 19.9 Å². The summed E-state index contributed by atoms with van der Waals surface area (Å²) in [5.74, 6) is 0.213. The van der Waals surface area contributed by atoms with Gasteiger partial charge in [-0.25, -0.2) is 4.98 Å². The number of rotatable bonds is 5. The topological polar surface area (TPSA) is 60.9 Å². The summed E-state index contributed by atoms with van der Waals surface area (Å²) < 4.78 is 43.9. The van der Waals surface area contributed by atoms with Gasteiger partial charge in [-0.05, 0) is 37.3 Å². The van der Waals surface area contributed by atoms with E-state index in [1.54, 1.807) is 0 Å². The number of nitrogens with zero attached hydrogens (tertiary/aromatic N) is 4. The van der Waals surface area contributed by atoms with Gasteiger partial charge in [-0.3, -0.25) is 9.69 Å². The highest BCUT2D eigenvalue weighted by molar-refractivity contribution is 6.33. The van der Waals surface area contributed by atoms with Gasteiger partial charge in [0.15, 0.2) is 0 Å². The molecular weight excluding hydrogens is 471 g/mol. The molecule has 0 spiro atoms. The van der Waals surface area contributed by atoms with E-state index in [4.69, 9.17) is 16.3 Å². The first-order chi connectivity index (χ1) is 16.2. The molecule has 1 N–H and O–H groups in total. The first-order valence-electron chi connectivity index (χ1n) is 11.2. The average molecular weight is 498 g/mol. The third-order valence-electron chi connectivity index (χ3n) is 6.20. The normalized spacial score (nSPS) is 18.6. The quantitative estimate of drug-likeness (QED) is 0.679. The minimum atomic E-state index is -4.49. The van der Waals surface area contributed by atoms with Crippen LogP contribution in [-0.2, 0) is 15.7 Å². The fourth-order valence-corrected chi connectivity index (χ4v) is 4.41. The molecular formula is C23H27ClF3N5O2. The number of anilines is 3. The van der Waals surface area contributed by atoms with Crippen molar-refractivity contribution in [2.75, 3.05) is 67.6 Å². The molecule has 184 valence electrons. The highest BCUT2D eigenvalue weighted by Gasteiger charge is 2.33. The van der Waals surface area contributed by atoms with Gasteiger partial charge in [-0.15, -0.1) is 0 Å². The van der Waals surface area contributed by atoms with Gasteiger partial charge in [-0.1, -0.05) is 11.6 Å². The van der Waals surface area contributed by atoms with Crippen molar-refractivity contribution in [2.45, 2.75) is 19.1 Å². The van der Waals surface area contributed by atoms with Crippen LogP contribution in [0.1, 0.15) is 12.5 Å². The number of carbonyl (C=O) groups excluding carboxylic acids is 1. The molecule has 1 atom stereocenters. The second kappa shape index (κ2) is 10.4. The number of benzene rings is 1. The third kappa shape index (κ3) is 5.73. The largest absolute Gasteiger partial charge is 0.417 e. The number of piperazine rings is 1. The zero-order valence-electron chi connectivity index (χ0n) is 18.8. The van der Waals surface area contributed by atoms with Gasteiger partial charge in [0.1, 0.15) is 5.82 Å². The highest BCUT2D eigenvalue weighted by Crippen LogP contribution is 2.33. The summed E-state index contributed by atoms with van der Waals surface area (Å²) in [7, 11) is 0. The second-order valence-corrected chi connectivity index (χ2v) is 8.77. The summed E-state index contributed by atoms with van der Waals surface area (Å²) in [6.45, 7) is 7.09. The van der Waals surface area contributed by atoms with Crippen LogP contribution < -0.4 is 15.1 Å². The van der Waals surface area contributed by atoms with E-state index in [1.807, 2.05) is 41.0 Å². The van der Waals surface area contributed by atoms with Crippen molar-refractivity contribution in [3.63, 3.8) is 0 Å². The van der Waals surface area contributed by atoms with Crippen molar-refractivity contribution in [2.24, 2.45) is 0 Å². The van der Waals surface area contributed by atoms with Crippen molar-refractivity contribution in [1.82, 2.24) is 9.88 Å². The van der Waals surface area contributed by atoms with E-state index in [0.29, 0.717) is 45.2 Å². The van der Waals surface area contributed by atoms with Crippen molar-refractivity contribution >= 4 is 34.7 Å². The van der Waals surface area contributed by atoms with E-state index in [0.717, 1.165) is 36.7 Å². The van der Waals surface area contributed by atoms with Crippen LogP contribution in [0.5, 0.6) is 0 Å². The molecule has 0 bridgehead atoms. The summed E-state index contributed by atoms with van der Waals surface area (Å²) in [6, 6.07) is 8.31. The molecule has 2 fully saturated rings. The smallest absolute Gasteiger partial charge is 0.378 e. The molecule has 11 heteroatoms. The summed E-state index contributed by atoms with van der Waals surface area (Å²) in [6.07, 6.45) is -3.69. The highest BCUT2D eigenvalue weighted by atomic mass is 35.5. The van der Waals surface area contributed by atoms with E-state index >= 15 is 0 Å². The molecule has 3 heterocycles. The SMILES string of the molecule is CC(C(=O)Nc1ccc(N2CCOCC2)cc1)N1CCN(c2ncc(C(F)(F)F)cc2Cl)CC1. The van der Waals surface area contributed by atoms with Crippen molar-refractivity contribution < 1.29 is 22.7 Å². The molecule has 2 saturated heterocycles. The second-order valence-electron chi connectivity index (χ2n) is 8.36. The number of aromatic nitrogens is 1. The maximum Gasteiger partial charge on any atom is 0.417 e. The number of hydrogen-bond acceptors (Lipinski definition) is 6. The standard InChI is InChI=1S/C23H27ClF3N5O2/c1-16(22(33)29-18-2-4-19(5-3-18)31-10-12-34-13-11-31)30-6-8-32(9-7-30)21-20(24)14-17(15-28-21)23(25,26)27/h2-5,14-16H,6-13H2,1H3,(H,29,33). The van der Waals surface area contributed by atoms with Crippen LogP contribution in [0.4, 0.5) is 30.4 Å². The van der Waals surface area contributed by atoms with E-state index in [-0.39, 0.29) is 17.0 Å². The van der Waals surface area contributed by atoms with Crippen LogP contribution >= 0.6 is 11.6 Å². The third-order valence-corrected chi connectivity index (χ3v) is 6.48. The zero-order valence-corrected chi connectivity index (χ0v) is 19.6. The Morgan fingerprint density at radius 1 is 1.06 bits per heavy atom. The van der Waals surface area contributed by atoms with Crippen molar-refractivity contribution in [3.8, 4) is 0 Å². The van der Waals surface area contributed by atoms with E-state index < -0.39 is 11.7 Å². The van der Waals surface area contributed by atoms with Crippen LogP contribution in [0.15, 0.2) is 36.5 Å². The molecule has 2 aliphatic rings. The maximum atomic E-state index is 12.9. The van der Waals surface area contributed by atoms with Gasteiger partial charge in [0.25, 0.3) is 0 Å². The number of morpholine rings is 1. The number of alkyl halides is 3. The van der Waals surface area contributed by atoms with Crippen molar-refractivity contribution in [1.29, 1.82) is 0 Å². The predicted octanol–water partition coefficient (Wildman–Crippen LogP) is 3.74. The van der Waals surface area contributed by atoms with Crippen LogP contribution in [0.3, 0.4) is 0 Å². The number of pyridine rings is 1. The Morgan fingerprint density at radius 2 is 1.71 bits per heavy atom. The fourth-order valence-electron chi connectivity index (χ4n) is 4.13. The molecule has 1 amide bonds. The number of amides is 1. The van der Waals surface area contributed by atoms with Gasteiger partial charge in [0.05, 0.1) is 29.8 Å². The monoisotopic (exact) mass is 497 g/mol. The summed E-state index contributed by atoms with van der Waals surface area (Å²) >= 11 is 6.08. The Hall–Kier alpha value is -2.56. The Bertz CT molecular complexity index is 991. The average Bonchev–Trinajstić information content (AvgIpc) is 2.84. The molecule has 0 aliphatic carbocycles. The lowest BCUT2D eigenvalue weighted by Crippen LogP contribution is -2.53. The molecule has 1 unspecified atom stereocenters. The van der Waals surface area contributed by atoms with Gasteiger partial charge in [0.2, 0.25) is 5.91 Å². The minimum Gasteiger partial charge on any atom is -0.378 e. The van der Waals surface area contributed by atoms with Crippen LogP contribution in [0.25, 0.3) is 0 Å². The van der Waals surface area contributed by atoms with Gasteiger partial charge in [0, 0.05) is 56.8 Å². The van der Waals surface area contributed by atoms with Crippen LogP contribution in [0, 0.1) is 0 Å². The summed E-state index contributed by atoms with van der Waals surface area (Å²) in [4.78, 5) is 22.9. The van der Waals surface area contributed by atoms with E-state index in [9.17, 15) is 18.0 Å². The molecule has 34 heavy (non-hydrogen) atoms. The molecule has 2 aliphatic heterocycles. The molecule has 0 saturated carbocycles. The lowest BCUT2D eigenvalue weighted by atomic mass is 10.2. The Morgan fingerprint density at radius 3 is 2.29 bits per heavy atom. The number of hydrogen-bond donors (Lipinski definition) is 1. The lowest BCUT2D eigenvalue weighted by Gasteiger charge is -2.38. The molecule has 0 radical (unpaired) electrons. The molecule has 1 aromatic carbocycles. The molecule has 1 aromatic heterocycles. The lowest BCUT2D eigenvalue weighted by molar-refractivity contribution is -0.137. The maximum absolute atomic E-state index is 12.9. The van der Waals surface area contributed by atoms with Crippen molar-refractivity contribution in [3.05, 3.63) is 47.1 Å². The Labute approximate surface area is 201 Å². The van der Waals surface area contributed by atoms with E-state index in [1.165, 1.54) is 0 Å².